The molecule has 1 saturated heterocycles. The summed E-state index contributed by atoms with van der Waals surface area (Å²) < 4.78 is 52.2. The van der Waals surface area contributed by atoms with E-state index in [1.807, 2.05) is 0 Å². The monoisotopic (exact) mass is 526 g/mol. The normalized spacial score (nSPS) is 21.7. The molecule has 0 bridgehead atoms. The topological polar surface area (TPSA) is 128 Å². The molecule has 13 heteroatoms. The van der Waals surface area contributed by atoms with Crippen molar-refractivity contribution in [1.29, 1.82) is 0 Å². The number of benzene rings is 1. The molecule has 35 heavy (non-hydrogen) atoms. The Labute approximate surface area is 206 Å². The number of anilines is 1. The molecule has 1 aliphatic carbocycles. The molecular weight excluding hydrogens is 499 g/mol. The predicted molar refractivity (Wildman–Crippen MR) is 127 cm³/mol. The number of methoxy groups -OCH3 is 1. The molecule has 1 saturated carbocycles. The lowest BCUT2D eigenvalue weighted by Crippen LogP contribution is -2.38. The number of oxime groups is 1. The van der Waals surface area contributed by atoms with Crippen LogP contribution in [-0.4, -0.2) is 63.6 Å². The summed E-state index contributed by atoms with van der Waals surface area (Å²) in [5.41, 5.74) is 0.258. The minimum Gasteiger partial charge on any atom is -0.392 e. The molecule has 1 aromatic heterocycles. The molecule has 1 amide bonds. The van der Waals surface area contributed by atoms with Gasteiger partial charge >= 0.3 is 0 Å². The third kappa shape index (κ3) is 6.82. The number of thiazole rings is 1. The number of ether oxygens (including phenoxy) is 2. The molecule has 2 atom stereocenters. The fraction of sp³-hybridized carbons (Fsp3) is 0.500. The molecular formula is C22H27FN4O6S2. The molecule has 2 aliphatic rings. The van der Waals surface area contributed by atoms with Crippen LogP contribution in [0.2, 0.25) is 0 Å². The Morgan fingerprint density at radius 3 is 2.51 bits per heavy atom. The van der Waals surface area contributed by atoms with Crippen molar-refractivity contribution >= 4 is 38.1 Å². The maximum absolute atomic E-state index is 13.3. The van der Waals surface area contributed by atoms with Crippen molar-refractivity contribution in [2.75, 3.05) is 25.6 Å². The van der Waals surface area contributed by atoms with E-state index in [4.69, 9.17) is 14.3 Å². The average molecular weight is 527 g/mol. The summed E-state index contributed by atoms with van der Waals surface area (Å²) in [6, 6.07) is 5.58. The molecule has 0 spiro atoms. The van der Waals surface area contributed by atoms with Gasteiger partial charge < -0.3 is 14.3 Å². The maximum atomic E-state index is 13.3. The van der Waals surface area contributed by atoms with Gasteiger partial charge in [0.2, 0.25) is 10.0 Å². The molecule has 2 fully saturated rings. The molecule has 0 radical (unpaired) electrons. The Kier molecular flexibility index (Phi) is 8.44. The highest BCUT2D eigenvalue weighted by atomic mass is 32.2. The number of carbonyl (C=O) groups is 1. The van der Waals surface area contributed by atoms with E-state index in [1.54, 1.807) is 7.11 Å². The molecule has 2 heterocycles. The molecule has 2 aromatic rings. The van der Waals surface area contributed by atoms with Crippen LogP contribution in [0.1, 0.15) is 37.7 Å². The summed E-state index contributed by atoms with van der Waals surface area (Å²) >= 11 is 0.679. The van der Waals surface area contributed by atoms with E-state index in [-0.39, 0.29) is 34.0 Å². The van der Waals surface area contributed by atoms with Crippen LogP contribution in [0.5, 0.6) is 0 Å². The van der Waals surface area contributed by atoms with Gasteiger partial charge in [-0.15, -0.1) is 0 Å². The number of halogens is 1. The van der Waals surface area contributed by atoms with Crippen LogP contribution in [0.15, 0.2) is 40.5 Å². The van der Waals surface area contributed by atoms with Gasteiger partial charge in [-0.25, -0.2) is 18.1 Å². The zero-order chi connectivity index (χ0) is 24.8. The molecule has 1 aliphatic heterocycles. The first-order valence-corrected chi connectivity index (χ1v) is 13.5. The van der Waals surface area contributed by atoms with Gasteiger partial charge in [0.1, 0.15) is 6.10 Å². The van der Waals surface area contributed by atoms with Gasteiger partial charge in [-0.3, -0.25) is 10.1 Å². The molecule has 4 rings (SSSR count). The summed E-state index contributed by atoms with van der Waals surface area (Å²) in [4.78, 5) is 22.4. The van der Waals surface area contributed by atoms with Gasteiger partial charge in [-0.1, -0.05) is 28.6 Å². The number of aromatic nitrogens is 1. The number of rotatable bonds is 9. The van der Waals surface area contributed by atoms with Crippen molar-refractivity contribution in [3.63, 3.8) is 0 Å². The Morgan fingerprint density at radius 2 is 1.89 bits per heavy atom. The van der Waals surface area contributed by atoms with E-state index in [1.165, 1.54) is 24.3 Å². The number of hydrogen-bond donors (Lipinski definition) is 2. The number of carbonyl (C=O) groups excluding carboxylic acids is 1. The van der Waals surface area contributed by atoms with Crippen LogP contribution in [-0.2, 0) is 29.1 Å². The van der Waals surface area contributed by atoms with Crippen molar-refractivity contribution in [1.82, 2.24) is 9.71 Å². The Bertz CT molecular complexity index is 1150. The lowest BCUT2D eigenvalue weighted by molar-refractivity contribution is -0.110. The number of hydrogen-bond acceptors (Lipinski definition) is 9. The van der Waals surface area contributed by atoms with Gasteiger partial charge in [0.15, 0.2) is 16.0 Å². The summed E-state index contributed by atoms with van der Waals surface area (Å²) in [7, 11) is -2.11. The van der Waals surface area contributed by atoms with Crippen LogP contribution in [0.3, 0.4) is 0 Å². The van der Waals surface area contributed by atoms with Gasteiger partial charge in [-0.05, 0) is 37.8 Å². The third-order valence-electron chi connectivity index (χ3n) is 5.86. The summed E-state index contributed by atoms with van der Waals surface area (Å²) in [5.74, 6) is -0.656. The van der Waals surface area contributed by atoms with Gasteiger partial charge in [0.25, 0.3) is 5.91 Å². The van der Waals surface area contributed by atoms with Crippen molar-refractivity contribution < 1.29 is 31.9 Å². The molecule has 2 N–H and O–H groups in total. The quantitative estimate of drug-likeness (QED) is 0.380. The van der Waals surface area contributed by atoms with Crippen LogP contribution in [0.25, 0.3) is 0 Å². The summed E-state index contributed by atoms with van der Waals surface area (Å²) in [6.45, 7) is 1.02. The van der Waals surface area contributed by atoms with Crippen LogP contribution < -0.4 is 10.0 Å². The van der Waals surface area contributed by atoms with Gasteiger partial charge in [0.05, 0.1) is 17.2 Å². The molecule has 190 valence electrons. The number of amides is 1. The van der Waals surface area contributed by atoms with Crippen molar-refractivity contribution in [3.05, 3.63) is 41.2 Å². The first kappa shape index (κ1) is 25.6. The van der Waals surface area contributed by atoms with E-state index < -0.39 is 21.1 Å². The Balaban J connectivity index is 1.52. The maximum Gasteiger partial charge on any atom is 0.280 e. The predicted octanol–water partition coefficient (Wildman–Crippen LogP) is 2.67. The van der Waals surface area contributed by atoms with Gasteiger partial charge in [-0.2, -0.15) is 4.39 Å². The Hall–Kier alpha value is -2.45. The van der Waals surface area contributed by atoms with E-state index >= 15 is 0 Å². The van der Waals surface area contributed by atoms with Crippen LogP contribution in [0, 0.1) is 5.13 Å². The first-order valence-electron chi connectivity index (χ1n) is 11.2. The standard InChI is InChI=1S/C22H27FN4O6S2/c1-31-16-4-5-17(12-16)33-26-20(21(28)25-22-24-13-19(23)34-22)14-2-6-18(7-3-14)35(29,30)27-15-8-10-32-11-9-15/h2-3,6-7,13,15-17,27H,4-5,8-12H2,1H3,(H,24,25,28)/b26-20+/t16-,17-/m1/s1. The number of nitrogens with one attached hydrogen (secondary N) is 2. The van der Waals surface area contributed by atoms with E-state index in [9.17, 15) is 17.6 Å². The summed E-state index contributed by atoms with van der Waals surface area (Å²) in [6.07, 6.45) is 4.25. The largest absolute Gasteiger partial charge is 0.392 e. The second-order valence-corrected chi connectivity index (χ2v) is 11.0. The minimum absolute atomic E-state index is 0.0640. The second-order valence-electron chi connectivity index (χ2n) is 8.29. The third-order valence-corrected chi connectivity index (χ3v) is 8.09. The summed E-state index contributed by atoms with van der Waals surface area (Å²) in [5, 5.41) is 6.12. The van der Waals surface area contributed by atoms with Gasteiger partial charge in [0, 0.05) is 38.3 Å². The zero-order valence-electron chi connectivity index (χ0n) is 19.1. The van der Waals surface area contributed by atoms with Crippen molar-refractivity contribution in [2.45, 2.75) is 55.2 Å². The second kappa shape index (κ2) is 11.5. The molecule has 1 aromatic carbocycles. The smallest absolute Gasteiger partial charge is 0.280 e. The highest BCUT2D eigenvalue weighted by molar-refractivity contribution is 7.89. The number of nitrogens with zero attached hydrogens (tertiary/aromatic N) is 2. The fourth-order valence-corrected chi connectivity index (χ4v) is 5.77. The van der Waals surface area contributed by atoms with Crippen LogP contribution >= 0.6 is 11.3 Å². The average Bonchev–Trinajstić information content (AvgIpc) is 3.48. The highest BCUT2D eigenvalue weighted by Gasteiger charge is 2.27. The lowest BCUT2D eigenvalue weighted by Gasteiger charge is -2.23. The molecule has 0 unspecified atom stereocenters. The number of sulfonamides is 1. The van der Waals surface area contributed by atoms with Crippen molar-refractivity contribution in [3.8, 4) is 0 Å². The lowest BCUT2D eigenvalue weighted by atomic mass is 10.1. The SMILES string of the molecule is CO[C@@H]1CC[C@@H](O/N=C(/C(=O)Nc2ncc(F)s2)c2ccc(S(=O)(=O)NC3CCOCC3)cc2)C1. The van der Waals surface area contributed by atoms with Crippen LogP contribution in [0.4, 0.5) is 9.52 Å². The fourth-order valence-electron chi connectivity index (χ4n) is 3.93. The molecule has 10 nitrogen and oxygen atoms in total. The minimum atomic E-state index is -3.74. The first-order chi connectivity index (χ1) is 16.8. The van der Waals surface area contributed by atoms with E-state index in [2.05, 4.69) is 20.2 Å². The zero-order valence-corrected chi connectivity index (χ0v) is 20.7. The van der Waals surface area contributed by atoms with E-state index in [0.717, 1.165) is 19.0 Å². The highest BCUT2D eigenvalue weighted by Crippen LogP contribution is 2.25. The Morgan fingerprint density at radius 1 is 1.17 bits per heavy atom. The van der Waals surface area contributed by atoms with E-state index in [0.29, 0.717) is 49.4 Å². The van der Waals surface area contributed by atoms with Crippen molar-refractivity contribution in [2.24, 2.45) is 5.16 Å².